The molecule has 0 aliphatic heterocycles. The Morgan fingerprint density at radius 2 is 1.69 bits per heavy atom. The third-order valence-corrected chi connectivity index (χ3v) is 4.99. The molecular weight excluding hydrogens is 408 g/mol. The molecule has 0 unspecified atom stereocenters. The van der Waals surface area contributed by atoms with Gasteiger partial charge in [0.2, 0.25) is 0 Å². The van der Waals surface area contributed by atoms with Gasteiger partial charge in [-0.1, -0.05) is 37.3 Å². The molecule has 0 saturated heterocycles. The van der Waals surface area contributed by atoms with Crippen LogP contribution in [0.3, 0.4) is 0 Å². The molecule has 166 valence electrons. The number of aromatic nitrogens is 1. The number of benzene rings is 2. The lowest BCUT2D eigenvalue weighted by atomic mass is 10.0. The van der Waals surface area contributed by atoms with Crippen molar-refractivity contribution in [3.8, 4) is 16.9 Å². The third kappa shape index (κ3) is 5.43. The van der Waals surface area contributed by atoms with Crippen LogP contribution in [0, 0.1) is 0 Å². The molecule has 7 nitrogen and oxygen atoms in total. The lowest BCUT2D eigenvalue weighted by Gasteiger charge is -2.13. The highest BCUT2D eigenvalue weighted by molar-refractivity contribution is 6.06. The molecule has 3 aromatic rings. The molecule has 0 radical (unpaired) electrons. The Hall–Kier alpha value is -3.87. The maximum atomic E-state index is 12.9. The second-order valence-corrected chi connectivity index (χ2v) is 7.11. The fraction of sp³-hybridized carbons (Fsp3) is 0.240. The van der Waals surface area contributed by atoms with Gasteiger partial charge in [-0.2, -0.15) is 0 Å². The third-order valence-electron chi connectivity index (χ3n) is 4.99. The average molecular weight is 434 g/mol. The van der Waals surface area contributed by atoms with Crippen molar-refractivity contribution in [3.63, 3.8) is 0 Å². The molecule has 1 amide bonds. The highest BCUT2D eigenvalue weighted by Gasteiger charge is 2.15. The van der Waals surface area contributed by atoms with E-state index in [1.165, 1.54) is 35.6 Å². The van der Waals surface area contributed by atoms with Gasteiger partial charge in [-0.3, -0.25) is 14.4 Å². The van der Waals surface area contributed by atoms with Crippen molar-refractivity contribution in [1.82, 2.24) is 4.57 Å². The van der Waals surface area contributed by atoms with Crippen molar-refractivity contribution in [3.05, 3.63) is 82.3 Å². The number of hydrogen-bond acceptors (Lipinski definition) is 5. The number of aryl methyl sites for hydroxylation is 1. The number of pyridine rings is 1. The van der Waals surface area contributed by atoms with Gasteiger partial charge < -0.3 is 19.4 Å². The number of esters is 1. The smallest absolute Gasteiger partial charge is 0.326 e. The number of nitrogens with one attached hydrogen (secondary N) is 1. The molecule has 3 rings (SSSR count). The van der Waals surface area contributed by atoms with E-state index in [1.807, 2.05) is 24.3 Å². The number of nitrogens with zero attached hydrogens (tertiary/aromatic N) is 1. The van der Waals surface area contributed by atoms with E-state index < -0.39 is 11.9 Å². The maximum Gasteiger partial charge on any atom is 0.326 e. The number of amides is 1. The van der Waals surface area contributed by atoms with Crippen molar-refractivity contribution in [2.75, 3.05) is 19.0 Å². The van der Waals surface area contributed by atoms with Crippen LogP contribution in [-0.2, 0) is 22.5 Å². The molecule has 0 aliphatic rings. The number of anilines is 1. The van der Waals surface area contributed by atoms with Crippen LogP contribution in [0.2, 0.25) is 0 Å². The summed E-state index contributed by atoms with van der Waals surface area (Å²) in [4.78, 5) is 36.6. The molecule has 0 spiro atoms. The lowest BCUT2D eigenvalue weighted by molar-refractivity contribution is -0.143. The number of hydrogen-bond donors (Lipinski definition) is 1. The van der Waals surface area contributed by atoms with Gasteiger partial charge >= 0.3 is 5.97 Å². The van der Waals surface area contributed by atoms with Crippen LogP contribution < -0.4 is 15.6 Å². The molecule has 2 aromatic carbocycles. The van der Waals surface area contributed by atoms with Crippen LogP contribution in [0.4, 0.5) is 5.69 Å². The SMILES string of the molecule is CCOC(=O)Cn1cc(NC(=O)c2ccc(-c3ccc(CC)cc3)cc2OC)ccc1=O. The number of carbonyl (C=O) groups is 2. The fourth-order valence-corrected chi connectivity index (χ4v) is 3.26. The molecule has 1 heterocycles. The van der Waals surface area contributed by atoms with Gasteiger partial charge in [0.15, 0.2) is 0 Å². The molecule has 0 fully saturated rings. The van der Waals surface area contributed by atoms with Gasteiger partial charge in [-0.05, 0) is 48.2 Å². The van der Waals surface area contributed by atoms with E-state index in [1.54, 1.807) is 13.0 Å². The summed E-state index contributed by atoms with van der Waals surface area (Å²) >= 11 is 0. The van der Waals surface area contributed by atoms with E-state index in [9.17, 15) is 14.4 Å². The Bertz CT molecular complexity index is 1170. The first-order valence-electron chi connectivity index (χ1n) is 10.4. The highest BCUT2D eigenvalue weighted by atomic mass is 16.5. The van der Waals surface area contributed by atoms with Crippen molar-refractivity contribution < 1.29 is 19.1 Å². The van der Waals surface area contributed by atoms with Crippen molar-refractivity contribution >= 4 is 17.6 Å². The van der Waals surface area contributed by atoms with Gasteiger partial charge in [-0.25, -0.2) is 0 Å². The summed E-state index contributed by atoms with van der Waals surface area (Å²) in [6.45, 7) is 3.79. The van der Waals surface area contributed by atoms with E-state index in [2.05, 4.69) is 24.4 Å². The van der Waals surface area contributed by atoms with Gasteiger partial charge in [-0.15, -0.1) is 0 Å². The van der Waals surface area contributed by atoms with Crippen molar-refractivity contribution in [2.24, 2.45) is 0 Å². The number of ether oxygens (including phenoxy) is 2. The average Bonchev–Trinajstić information content (AvgIpc) is 2.81. The highest BCUT2D eigenvalue weighted by Crippen LogP contribution is 2.28. The predicted molar refractivity (Wildman–Crippen MR) is 123 cm³/mol. The zero-order valence-electron chi connectivity index (χ0n) is 18.4. The van der Waals surface area contributed by atoms with Crippen LogP contribution in [0.5, 0.6) is 5.75 Å². The van der Waals surface area contributed by atoms with Crippen molar-refractivity contribution in [1.29, 1.82) is 0 Å². The van der Waals surface area contributed by atoms with Crippen molar-refractivity contribution in [2.45, 2.75) is 26.8 Å². The summed E-state index contributed by atoms with van der Waals surface area (Å²) in [5, 5.41) is 2.75. The predicted octanol–water partition coefficient (Wildman–Crippen LogP) is 3.90. The van der Waals surface area contributed by atoms with Crippen LogP contribution in [-0.4, -0.2) is 30.2 Å². The van der Waals surface area contributed by atoms with Gasteiger partial charge in [0, 0.05) is 12.3 Å². The number of methoxy groups -OCH3 is 1. The summed E-state index contributed by atoms with van der Waals surface area (Å²) in [6, 6.07) is 16.4. The summed E-state index contributed by atoms with van der Waals surface area (Å²) in [5.74, 6) is -0.488. The van der Waals surface area contributed by atoms with Crippen LogP contribution in [0.15, 0.2) is 65.6 Å². The molecular formula is C25H26N2O5. The quantitative estimate of drug-likeness (QED) is 0.544. The first-order valence-corrected chi connectivity index (χ1v) is 10.4. The first kappa shape index (κ1) is 22.8. The Kier molecular flexibility index (Phi) is 7.44. The first-order chi connectivity index (χ1) is 15.4. The van der Waals surface area contributed by atoms with E-state index in [-0.39, 0.29) is 18.7 Å². The van der Waals surface area contributed by atoms with E-state index in [0.717, 1.165) is 17.5 Å². The Morgan fingerprint density at radius 3 is 2.34 bits per heavy atom. The monoisotopic (exact) mass is 434 g/mol. The molecule has 1 N–H and O–H groups in total. The number of rotatable bonds is 8. The molecule has 0 saturated carbocycles. The Labute approximate surface area is 186 Å². The molecule has 0 aliphatic carbocycles. The standard InChI is InChI=1S/C25H26N2O5/c1-4-17-6-8-18(9-7-17)19-10-12-21(22(14-19)31-3)25(30)26-20-11-13-23(28)27(15-20)16-24(29)32-5-2/h6-15H,4-5,16H2,1-3H3,(H,26,30). The minimum atomic E-state index is -0.526. The zero-order valence-corrected chi connectivity index (χ0v) is 18.4. The molecule has 7 heteroatoms. The minimum absolute atomic E-state index is 0.225. The molecule has 1 aromatic heterocycles. The van der Waals surface area contributed by atoms with Crippen LogP contribution in [0.1, 0.15) is 29.8 Å². The van der Waals surface area contributed by atoms with E-state index >= 15 is 0 Å². The second-order valence-electron chi connectivity index (χ2n) is 7.11. The summed E-state index contributed by atoms with van der Waals surface area (Å²) in [7, 11) is 1.51. The number of carbonyl (C=O) groups excluding carboxylic acids is 2. The normalized spacial score (nSPS) is 10.5. The summed E-state index contributed by atoms with van der Waals surface area (Å²) < 4.78 is 11.5. The zero-order chi connectivity index (χ0) is 23.1. The summed E-state index contributed by atoms with van der Waals surface area (Å²) in [6.07, 6.45) is 2.38. The van der Waals surface area contributed by atoms with Crippen LogP contribution >= 0.6 is 0 Å². The lowest BCUT2D eigenvalue weighted by Crippen LogP contribution is -2.25. The van der Waals surface area contributed by atoms with Gasteiger partial charge in [0.25, 0.3) is 11.5 Å². The Morgan fingerprint density at radius 1 is 0.969 bits per heavy atom. The summed E-state index contributed by atoms with van der Waals surface area (Å²) in [5.41, 5.74) is 3.57. The second kappa shape index (κ2) is 10.4. The van der Waals surface area contributed by atoms with E-state index in [4.69, 9.17) is 9.47 Å². The Balaban J connectivity index is 1.81. The minimum Gasteiger partial charge on any atom is -0.496 e. The largest absolute Gasteiger partial charge is 0.496 e. The molecule has 0 atom stereocenters. The maximum absolute atomic E-state index is 12.9. The molecule has 32 heavy (non-hydrogen) atoms. The van der Waals surface area contributed by atoms with Crippen LogP contribution in [0.25, 0.3) is 11.1 Å². The molecule has 0 bridgehead atoms. The van der Waals surface area contributed by atoms with E-state index in [0.29, 0.717) is 17.0 Å². The van der Waals surface area contributed by atoms with Gasteiger partial charge in [0.05, 0.1) is 25.0 Å². The van der Waals surface area contributed by atoms with Gasteiger partial charge in [0.1, 0.15) is 12.3 Å². The fourth-order valence-electron chi connectivity index (χ4n) is 3.26. The topological polar surface area (TPSA) is 86.6 Å².